The van der Waals surface area contributed by atoms with Crippen LogP contribution in [-0.4, -0.2) is 33.7 Å². The first kappa shape index (κ1) is 18.7. The summed E-state index contributed by atoms with van der Waals surface area (Å²) in [5, 5.41) is 18.0. The average Bonchev–Trinajstić information content (AvgIpc) is 3.26. The Morgan fingerprint density at radius 1 is 1.00 bits per heavy atom. The molecule has 4 rings (SSSR count). The smallest absolute Gasteiger partial charge is 0.276 e. The molecule has 8 heteroatoms. The number of nitro benzene ring substituents is 1. The predicted molar refractivity (Wildman–Crippen MR) is 111 cm³/mol. The molecular weight excluding hydrogens is 370 g/mol. The highest BCUT2D eigenvalue weighted by Crippen LogP contribution is 2.22. The Labute approximate surface area is 167 Å². The van der Waals surface area contributed by atoms with E-state index in [-0.39, 0.29) is 17.3 Å². The van der Waals surface area contributed by atoms with E-state index >= 15 is 0 Å². The van der Waals surface area contributed by atoms with E-state index in [1.165, 1.54) is 36.1 Å². The standard InChI is InChI=1S/C21H21N5O3/c27-21(22-16-7-9-17(10-8-16)24-12-2-1-3-13-24)20-11-14-25(23-20)18-5-4-6-19(15-18)26(28)29/h4-11,14-15H,1-3,12-13H2,(H,22,27). The minimum absolute atomic E-state index is 0.0298. The van der Waals surface area contributed by atoms with Crippen LogP contribution in [0.2, 0.25) is 0 Å². The second kappa shape index (κ2) is 8.14. The van der Waals surface area contributed by atoms with Gasteiger partial charge in [-0.15, -0.1) is 0 Å². The van der Waals surface area contributed by atoms with Crippen LogP contribution in [0.3, 0.4) is 0 Å². The molecule has 0 saturated carbocycles. The lowest BCUT2D eigenvalue weighted by molar-refractivity contribution is -0.384. The Balaban J connectivity index is 1.44. The fraction of sp³-hybridized carbons (Fsp3) is 0.238. The van der Waals surface area contributed by atoms with Gasteiger partial charge >= 0.3 is 0 Å². The Bertz CT molecular complexity index is 1020. The van der Waals surface area contributed by atoms with Crippen molar-refractivity contribution >= 4 is 23.0 Å². The number of nitrogens with one attached hydrogen (secondary N) is 1. The summed E-state index contributed by atoms with van der Waals surface area (Å²) in [6, 6.07) is 15.5. The van der Waals surface area contributed by atoms with E-state index in [0.29, 0.717) is 11.4 Å². The number of anilines is 2. The number of hydrogen-bond donors (Lipinski definition) is 1. The monoisotopic (exact) mass is 391 g/mol. The van der Waals surface area contributed by atoms with Gasteiger partial charge in [0.1, 0.15) is 0 Å². The molecule has 1 aromatic heterocycles. The second-order valence-corrected chi connectivity index (χ2v) is 6.97. The number of rotatable bonds is 5. The zero-order chi connectivity index (χ0) is 20.2. The van der Waals surface area contributed by atoms with Crippen LogP contribution in [0.15, 0.2) is 60.8 Å². The number of benzene rings is 2. The van der Waals surface area contributed by atoms with E-state index < -0.39 is 4.92 Å². The van der Waals surface area contributed by atoms with Gasteiger partial charge in [-0.3, -0.25) is 14.9 Å². The quantitative estimate of drug-likeness (QED) is 0.524. The van der Waals surface area contributed by atoms with Crippen molar-refractivity contribution in [2.45, 2.75) is 19.3 Å². The number of carbonyl (C=O) groups is 1. The van der Waals surface area contributed by atoms with Crippen molar-refractivity contribution in [3.8, 4) is 5.69 Å². The number of aromatic nitrogens is 2. The summed E-state index contributed by atoms with van der Waals surface area (Å²) >= 11 is 0. The Morgan fingerprint density at radius 3 is 2.48 bits per heavy atom. The molecule has 2 aromatic carbocycles. The van der Waals surface area contributed by atoms with Crippen molar-refractivity contribution in [3.05, 3.63) is 76.6 Å². The summed E-state index contributed by atoms with van der Waals surface area (Å²) < 4.78 is 1.45. The summed E-state index contributed by atoms with van der Waals surface area (Å²) in [5.41, 5.74) is 2.58. The number of nitro groups is 1. The summed E-state index contributed by atoms with van der Waals surface area (Å²) in [4.78, 5) is 25.3. The van der Waals surface area contributed by atoms with E-state index in [4.69, 9.17) is 0 Å². The molecule has 0 aliphatic carbocycles. The number of piperidine rings is 1. The van der Waals surface area contributed by atoms with E-state index in [1.54, 1.807) is 24.4 Å². The SMILES string of the molecule is O=C(Nc1ccc(N2CCCCC2)cc1)c1ccn(-c2cccc([N+](=O)[O-])c2)n1. The molecule has 1 aliphatic heterocycles. The normalized spacial score (nSPS) is 13.9. The fourth-order valence-electron chi connectivity index (χ4n) is 3.44. The molecule has 2 heterocycles. The number of non-ortho nitro benzene ring substituents is 1. The molecule has 1 amide bonds. The summed E-state index contributed by atoms with van der Waals surface area (Å²) in [6.07, 6.45) is 5.32. The van der Waals surface area contributed by atoms with Gasteiger partial charge in [-0.1, -0.05) is 6.07 Å². The minimum atomic E-state index is -0.464. The van der Waals surface area contributed by atoms with Crippen molar-refractivity contribution < 1.29 is 9.72 Å². The molecule has 0 radical (unpaired) electrons. The van der Waals surface area contributed by atoms with Crippen LogP contribution in [-0.2, 0) is 0 Å². The molecule has 0 bridgehead atoms. The maximum atomic E-state index is 12.5. The van der Waals surface area contributed by atoms with Crippen LogP contribution in [0.5, 0.6) is 0 Å². The largest absolute Gasteiger partial charge is 0.372 e. The third-order valence-corrected chi connectivity index (χ3v) is 4.97. The lowest BCUT2D eigenvalue weighted by atomic mass is 10.1. The van der Waals surface area contributed by atoms with Gasteiger partial charge in [0.2, 0.25) is 0 Å². The third-order valence-electron chi connectivity index (χ3n) is 4.97. The Kier molecular flexibility index (Phi) is 5.24. The molecule has 8 nitrogen and oxygen atoms in total. The first-order chi connectivity index (χ1) is 14.1. The molecular formula is C21H21N5O3. The molecule has 1 N–H and O–H groups in total. The van der Waals surface area contributed by atoms with E-state index in [1.807, 2.05) is 24.3 Å². The molecule has 148 valence electrons. The Hall–Kier alpha value is -3.68. The summed E-state index contributed by atoms with van der Waals surface area (Å²) in [6.45, 7) is 2.14. The molecule has 0 spiro atoms. The van der Waals surface area contributed by atoms with Crippen molar-refractivity contribution in [3.63, 3.8) is 0 Å². The zero-order valence-corrected chi connectivity index (χ0v) is 15.8. The number of carbonyl (C=O) groups excluding carboxylic acids is 1. The van der Waals surface area contributed by atoms with E-state index in [2.05, 4.69) is 15.3 Å². The van der Waals surface area contributed by atoms with Crippen LogP contribution in [0.4, 0.5) is 17.1 Å². The molecule has 1 saturated heterocycles. The first-order valence-electron chi connectivity index (χ1n) is 9.57. The highest BCUT2D eigenvalue weighted by molar-refractivity contribution is 6.02. The van der Waals surface area contributed by atoms with Crippen LogP contribution < -0.4 is 10.2 Å². The van der Waals surface area contributed by atoms with Gasteiger partial charge in [0.15, 0.2) is 5.69 Å². The van der Waals surface area contributed by atoms with E-state index in [9.17, 15) is 14.9 Å². The van der Waals surface area contributed by atoms with Crippen molar-refractivity contribution in [2.75, 3.05) is 23.3 Å². The van der Waals surface area contributed by atoms with Crippen molar-refractivity contribution in [1.29, 1.82) is 0 Å². The summed E-state index contributed by atoms with van der Waals surface area (Å²) in [7, 11) is 0. The molecule has 3 aromatic rings. The maximum Gasteiger partial charge on any atom is 0.276 e. The van der Waals surface area contributed by atoms with Crippen LogP contribution in [0.25, 0.3) is 5.69 Å². The van der Waals surface area contributed by atoms with Gasteiger partial charge in [0, 0.05) is 42.8 Å². The van der Waals surface area contributed by atoms with Crippen LogP contribution in [0, 0.1) is 10.1 Å². The van der Waals surface area contributed by atoms with Gasteiger partial charge < -0.3 is 10.2 Å². The minimum Gasteiger partial charge on any atom is -0.372 e. The number of hydrogen-bond acceptors (Lipinski definition) is 5. The lowest BCUT2D eigenvalue weighted by Crippen LogP contribution is -2.29. The number of amides is 1. The molecule has 0 atom stereocenters. The topological polar surface area (TPSA) is 93.3 Å². The van der Waals surface area contributed by atoms with Crippen molar-refractivity contribution in [1.82, 2.24) is 9.78 Å². The molecule has 29 heavy (non-hydrogen) atoms. The molecule has 1 aliphatic rings. The van der Waals surface area contributed by atoms with Gasteiger partial charge in [-0.05, 0) is 55.7 Å². The Morgan fingerprint density at radius 2 is 1.76 bits per heavy atom. The maximum absolute atomic E-state index is 12.5. The van der Waals surface area contributed by atoms with E-state index in [0.717, 1.165) is 18.8 Å². The van der Waals surface area contributed by atoms with Gasteiger partial charge in [-0.2, -0.15) is 5.10 Å². The lowest BCUT2D eigenvalue weighted by Gasteiger charge is -2.28. The highest BCUT2D eigenvalue weighted by atomic mass is 16.6. The summed E-state index contributed by atoms with van der Waals surface area (Å²) in [5.74, 6) is -0.333. The first-order valence-corrected chi connectivity index (χ1v) is 9.57. The van der Waals surface area contributed by atoms with Gasteiger partial charge in [0.25, 0.3) is 11.6 Å². The van der Waals surface area contributed by atoms with Gasteiger partial charge in [0.05, 0.1) is 10.6 Å². The fourth-order valence-corrected chi connectivity index (χ4v) is 3.44. The number of nitrogens with zero attached hydrogens (tertiary/aromatic N) is 4. The van der Waals surface area contributed by atoms with Gasteiger partial charge in [-0.25, -0.2) is 4.68 Å². The zero-order valence-electron chi connectivity index (χ0n) is 15.8. The molecule has 1 fully saturated rings. The highest BCUT2D eigenvalue weighted by Gasteiger charge is 2.14. The molecule has 0 unspecified atom stereocenters. The predicted octanol–water partition coefficient (Wildman–Crippen LogP) is 4.02. The van der Waals surface area contributed by atoms with Crippen LogP contribution >= 0.6 is 0 Å². The average molecular weight is 391 g/mol. The van der Waals surface area contributed by atoms with Crippen molar-refractivity contribution in [2.24, 2.45) is 0 Å². The second-order valence-electron chi connectivity index (χ2n) is 6.97. The van der Waals surface area contributed by atoms with Crippen LogP contribution in [0.1, 0.15) is 29.8 Å². The third kappa shape index (κ3) is 4.26.